The van der Waals surface area contributed by atoms with E-state index in [1.165, 1.54) is 0 Å². The first kappa shape index (κ1) is 11.2. The minimum absolute atomic E-state index is 0.161. The maximum atomic E-state index is 11.4. The third-order valence-corrected chi connectivity index (χ3v) is 3.29. The lowest BCUT2D eigenvalue weighted by Crippen LogP contribution is -2.31. The van der Waals surface area contributed by atoms with Gasteiger partial charge in [-0.05, 0) is 20.3 Å². The summed E-state index contributed by atoms with van der Waals surface area (Å²) in [6, 6.07) is 0.303. The van der Waals surface area contributed by atoms with Gasteiger partial charge >= 0.3 is 0 Å². The Morgan fingerprint density at radius 1 is 1.45 bits per heavy atom. The third kappa shape index (κ3) is 3.40. The molecule has 11 heavy (non-hydrogen) atoms. The molecular weight excluding hydrogens is 253 g/mol. The summed E-state index contributed by atoms with van der Waals surface area (Å²) in [5, 5.41) is 0. The summed E-state index contributed by atoms with van der Waals surface area (Å²) in [6.45, 7) is 8.04. The Kier molecular flexibility index (Phi) is 5.04. The van der Waals surface area contributed by atoms with E-state index >= 15 is 0 Å². The number of rotatable bonds is 3. The third-order valence-electron chi connectivity index (χ3n) is 1.70. The van der Waals surface area contributed by atoms with Crippen LogP contribution >= 0.6 is 22.9 Å². The van der Waals surface area contributed by atoms with Crippen LogP contribution in [0.25, 0.3) is 0 Å². The molecule has 0 radical (unpaired) electrons. The van der Waals surface area contributed by atoms with Crippen LogP contribution in [0.5, 0.6) is 0 Å². The van der Waals surface area contributed by atoms with Crippen LogP contribution < -0.4 is 0 Å². The first-order chi connectivity index (χ1) is 5.00. The van der Waals surface area contributed by atoms with Crippen LogP contribution in [0.2, 0.25) is 0 Å². The van der Waals surface area contributed by atoms with Gasteiger partial charge in [-0.1, -0.05) is 13.8 Å². The van der Waals surface area contributed by atoms with Crippen molar-refractivity contribution in [2.75, 3.05) is 0 Å². The van der Waals surface area contributed by atoms with Crippen molar-refractivity contribution in [2.24, 2.45) is 5.92 Å². The van der Waals surface area contributed by atoms with Gasteiger partial charge in [-0.3, -0.25) is 7.91 Å². The Hall–Kier alpha value is 0.200. The molecule has 0 saturated carbocycles. The molecule has 0 aromatic heterocycles. The molecule has 1 amide bonds. The van der Waals surface area contributed by atoms with Gasteiger partial charge in [0.05, 0.1) is 22.9 Å². The molecule has 0 fully saturated rings. The molecule has 0 aliphatic heterocycles. The fourth-order valence-electron chi connectivity index (χ4n) is 0.640. The van der Waals surface area contributed by atoms with E-state index in [1.54, 1.807) is 3.11 Å². The standard InChI is InChI=1S/C8H16INO/c1-5-7(4)8(11)10(9)6(2)3/h6-7H,5H2,1-4H3. The summed E-state index contributed by atoms with van der Waals surface area (Å²) in [7, 11) is 0. The van der Waals surface area contributed by atoms with Gasteiger partial charge in [0.1, 0.15) is 0 Å². The minimum atomic E-state index is 0.161. The van der Waals surface area contributed by atoms with Crippen LogP contribution in [0.1, 0.15) is 34.1 Å². The zero-order valence-electron chi connectivity index (χ0n) is 7.60. The van der Waals surface area contributed by atoms with Crippen molar-refractivity contribution in [1.82, 2.24) is 3.11 Å². The molecule has 0 saturated heterocycles. The van der Waals surface area contributed by atoms with Gasteiger partial charge in [0, 0.05) is 12.0 Å². The molecule has 0 aromatic carbocycles. The Morgan fingerprint density at radius 3 is 2.18 bits per heavy atom. The summed E-state index contributed by atoms with van der Waals surface area (Å²) in [4.78, 5) is 11.4. The second-order valence-corrected chi connectivity index (χ2v) is 4.09. The van der Waals surface area contributed by atoms with E-state index in [9.17, 15) is 4.79 Å². The average Bonchev–Trinajstić information content (AvgIpc) is 2.00. The van der Waals surface area contributed by atoms with E-state index in [1.807, 2.05) is 27.7 Å². The highest BCUT2D eigenvalue weighted by atomic mass is 127. The molecule has 0 aliphatic rings. The van der Waals surface area contributed by atoms with Crippen molar-refractivity contribution < 1.29 is 4.79 Å². The van der Waals surface area contributed by atoms with Crippen molar-refractivity contribution in [1.29, 1.82) is 0 Å². The van der Waals surface area contributed by atoms with E-state index in [-0.39, 0.29) is 11.8 Å². The first-order valence-electron chi connectivity index (χ1n) is 3.99. The van der Waals surface area contributed by atoms with Crippen LogP contribution in [-0.2, 0) is 4.79 Å². The van der Waals surface area contributed by atoms with Crippen LogP contribution in [0, 0.1) is 5.92 Å². The minimum Gasteiger partial charge on any atom is -0.282 e. The number of hydrogen-bond donors (Lipinski definition) is 0. The average molecular weight is 269 g/mol. The van der Waals surface area contributed by atoms with Crippen molar-refractivity contribution in [3.63, 3.8) is 0 Å². The highest BCUT2D eigenvalue weighted by molar-refractivity contribution is 14.1. The van der Waals surface area contributed by atoms with Crippen LogP contribution in [0.15, 0.2) is 0 Å². The second-order valence-electron chi connectivity index (χ2n) is 3.05. The first-order valence-corrected chi connectivity index (χ1v) is 4.96. The fraction of sp³-hybridized carbons (Fsp3) is 0.875. The summed E-state index contributed by atoms with van der Waals surface area (Å²) >= 11 is 2.08. The molecule has 0 N–H and O–H groups in total. The van der Waals surface area contributed by atoms with Crippen molar-refractivity contribution in [3.8, 4) is 0 Å². The lowest BCUT2D eigenvalue weighted by Gasteiger charge is -2.21. The lowest BCUT2D eigenvalue weighted by molar-refractivity contribution is -0.129. The van der Waals surface area contributed by atoms with E-state index in [0.29, 0.717) is 6.04 Å². The van der Waals surface area contributed by atoms with Crippen molar-refractivity contribution in [3.05, 3.63) is 0 Å². The molecule has 66 valence electrons. The van der Waals surface area contributed by atoms with Crippen LogP contribution in [-0.4, -0.2) is 15.1 Å². The largest absolute Gasteiger partial charge is 0.282 e. The number of carbonyl (C=O) groups excluding carboxylic acids is 1. The number of amides is 1. The number of nitrogens with zero attached hydrogens (tertiary/aromatic N) is 1. The smallest absolute Gasteiger partial charge is 0.234 e. The van der Waals surface area contributed by atoms with Gasteiger partial charge in [0.2, 0.25) is 5.91 Å². The maximum Gasteiger partial charge on any atom is 0.234 e. The number of hydrogen-bond acceptors (Lipinski definition) is 1. The second kappa shape index (κ2) is 4.95. The fourth-order valence-corrected chi connectivity index (χ4v) is 1.12. The zero-order chi connectivity index (χ0) is 9.02. The highest BCUT2D eigenvalue weighted by Crippen LogP contribution is 2.13. The van der Waals surface area contributed by atoms with Crippen LogP contribution in [0.4, 0.5) is 0 Å². The summed E-state index contributed by atoms with van der Waals surface area (Å²) in [5.41, 5.74) is 0. The van der Waals surface area contributed by atoms with Gasteiger partial charge in [0.15, 0.2) is 0 Å². The van der Waals surface area contributed by atoms with Gasteiger partial charge in [-0.2, -0.15) is 0 Å². The molecular formula is C8H16INO. The van der Waals surface area contributed by atoms with Gasteiger partial charge in [-0.15, -0.1) is 0 Å². The Balaban J connectivity index is 4.02. The predicted octanol–water partition coefficient (Wildman–Crippen LogP) is 2.62. The Morgan fingerprint density at radius 2 is 1.91 bits per heavy atom. The van der Waals surface area contributed by atoms with Gasteiger partial charge < -0.3 is 0 Å². The molecule has 1 unspecified atom stereocenters. The van der Waals surface area contributed by atoms with Crippen molar-refractivity contribution in [2.45, 2.75) is 40.2 Å². The molecule has 0 heterocycles. The summed E-state index contributed by atoms with van der Waals surface area (Å²) < 4.78 is 1.77. The molecule has 0 rings (SSSR count). The number of halogens is 1. The van der Waals surface area contributed by atoms with Gasteiger partial charge in [0.25, 0.3) is 0 Å². The van der Waals surface area contributed by atoms with E-state index in [2.05, 4.69) is 22.9 Å². The molecule has 1 atom stereocenters. The molecule has 0 spiro atoms. The predicted molar refractivity (Wildman–Crippen MR) is 55.5 cm³/mol. The number of carbonyl (C=O) groups is 1. The molecule has 0 bridgehead atoms. The van der Waals surface area contributed by atoms with Gasteiger partial charge in [-0.25, -0.2) is 0 Å². The normalized spacial score (nSPS) is 13.3. The quantitative estimate of drug-likeness (QED) is 0.569. The SMILES string of the molecule is CCC(C)C(=O)N(I)C(C)C. The van der Waals surface area contributed by atoms with E-state index in [0.717, 1.165) is 6.42 Å². The van der Waals surface area contributed by atoms with Crippen molar-refractivity contribution >= 4 is 28.8 Å². The van der Waals surface area contributed by atoms with E-state index in [4.69, 9.17) is 0 Å². The molecule has 0 aliphatic carbocycles. The Labute approximate surface area is 82.8 Å². The zero-order valence-corrected chi connectivity index (χ0v) is 9.75. The van der Waals surface area contributed by atoms with E-state index < -0.39 is 0 Å². The topological polar surface area (TPSA) is 20.3 Å². The van der Waals surface area contributed by atoms with Crippen LogP contribution in [0.3, 0.4) is 0 Å². The maximum absolute atomic E-state index is 11.4. The lowest BCUT2D eigenvalue weighted by atomic mass is 10.1. The highest BCUT2D eigenvalue weighted by Gasteiger charge is 2.18. The Bertz CT molecular complexity index is 136. The molecule has 2 nitrogen and oxygen atoms in total. The monoisotopic (exact) mass is 269 g/mol. The molecule has 3 heteroatoms. The summed E-state index contributed by atoms with van der Waals surface area (Å²) in [6.07, 6.45) is 0.922. The molecule has 0 aromatic rings. The summed E-state index contributed by atoms with van der Waals surface area (Å²) in [5.74, 6) is 0.400.